The van der Waals surface area contributed by atoms with Gasteiger partial charge in [0.15, 0.2) is 0 Å². The highest BCUT2D eigenvalue weighted by Crippen LogP contribution is 2.29. The molecule has 3 nitrogen and oxygen atoms in total. The first-order chi connectivity index (χ1) is 10.3. The van der Waals surface area contributed by atoms with E-state index < -0.39 is 12.8 Å². The summed E-state index contributed by atoms with van der Waals surface area (Å²) in [7, 11) is 0. The normalized spacial score (nSPS) is 37.2. The smallest absolute Gasteiger partial charge is 0.375 e. The summed E-state index contributed by atoms with van der Waals surface area (Å²) in [6.45, 7) is 3.76. The molecule has 1 N–H and O–H groups in total. The van der Waals surface area contributed by atoms with E-state index in [1.165, 1.54) is 0 Å². The van der Waals surface area contributed by atoms with Gasteiger partial charge < -0.3 is 14.8 Å². The van der Waals surface area contributed by atoms with Crippen molar-refractivity contribution in [3.63, 3.8) is 0 Å². The summed E-state index contributed by atoms with van der Waals surface area (Å²) in [6, 6.07) is 0.393. The maximum Gasteiger partial charge on any atom is 0.411 e. The first kappa shape index (κ1) is 18.0. The summed E-state index contributed by atoms with van der Waals surface area (Å²) in [6.07, 6.45) is 1.64. The highest BCUT2D eigenvalue weighted by Gasteiger charge is 2.33. The number of halogens is 3. The van der Waals surface area contributed by atoms with E-state index >= 15 is 0 Å². The van der Waals surface area contributed by atoms with E-state index in [-0.39, 0.29) is 24.2 Å². The summed E-state index contributed by atoms with van der Waals surface area (Å²) in [5.74, 6) is 0.185. The van der Waals surface area contributed by atoms with E-state index in [0.29, 0.717) is 6.04 Å². The average molecular weight is 323 g/mol. The number of hydrogen-bond acceptors (Lipinski definition) is 3. The number of hydrogen-bond donors (Lipinski definition) is 1. The maximum absolute atomic E-state index is 12.3. The molecule has 4 unspecified atom stereocenters. The molecule has 0 amide bonds. The van der Waals surface area contributed by atoms with Crippen LogP contribution in [0.15, 0.2) is 0 Å². The fourth-order valence-electron chi connectivity index (χ4n) is 3.72. The molecule has 2 fully saturated rings. The Morgan fingerprint density at radius 2 is 1.73 bits per heavy atom. The molecular weight excluding hydrogens is 295 g/mol. The van der Waals surface area contributed by atoms with Crippen molar-refractivity contribution < 1.29 is 22.6 Å². The summed E-state index contributed by atoms with van der Waals surface area (Å²) < 4.78 is 47.9. The molecule has 0 spiro atoms. The Bertz CT molecular complexity index is 328. The van der Waals surface area contributed by atoms with Crippen LogP contribution in [-0.2, 0) is 9.47 Å². The minimum absolute atomic E-state index is 0.185. The van der Waals surface area contributed by atoms with E-state index in [9.17, 15) is 13.2 Å². The second kappa shape index (κ2) is 7.97. The van der Waals surface area contributed by atoms with Crippen LogP contribution in [0.25, 0.3) is 0 Å². The molecule has 1 aliphatic heterocycles. The van der Waals surface area contributed by atoms with Gasteiger partial charge in [0.25, 0.3) is 0 Å². The summed E-state index contributed by atoms with van der Waals surface area (Å²) in [5.41, 5.74) is 0. The molecular formula is C16H28F3NO2. The van der Waals surface area contributed by atoms with Gasteiger partial charge in [-0.1, -0.05) is 12.8 Å². The third-order valence-corrected chi connectivity index (χ3v) is 4.67. The van der Waals surface area contributed by atoms with Crippen molar-refractivity contribution in [2.45, 2.75) is 82.9 Å². The van der Waals surface area contributed by atoms with Gasteiger partial charge in [-0.2, -0.15) is 13.2 Å². The minimum Gasteiger partial charge on any atom is -0.375 e. The molecule has 0 radical (unpaired) electrons. The van der Waals surface area contributed by atoms with Crippen LogP contribution in [0.2, 0.25) is 0 Å². The van der Waals surface area contributed by atoms with Crippen LogP contribution in [0.3, 0.4) is 0 Å². The van der Waals surface area contributed by atoms with Crippen molar-refractivity contribution in [3.8, 4) is 0 Å². The molecule has 22 heavy (non-hydrogen) atoms. The van der Waals surface area contributed by atoms with Gasteiger partial charge in [-0.05, 0) is 45.4 Å². The summed E-state index contributed by atoms with van der Waals surface area (Å²) in [4.78, 5) is 0. The lowest BCUT2D eigenvalue weighted by Crippen LogP contribution is -2.45. The highest BCUT2D eigenvalue weighted by molar-refractivity contribution is 4.83. The molecule has 1 saturated carbocycles. The third-order valence-electron chi connectivity index (χ3n) is 4.67. The maximum atomic E-state index is 12.3. The molecule has 0 aromatic rings. The first-order valence-electron chi connectivity index (χ1n) is 8.40. The van der Waals surface area contributed by atoms with Gasteiger partial charge in [0.05, 0.1) is 18.3 Å². The van der Waals surface area contributed by atoms with Gasteiger partial charge in [0.1, 0.15) is 6.61 Å². The summed E-state index contributed by atoms with van der Waals surface area (Å²) >= 11 is 0. The van der Waals surface area contributed by atoms with Crippen LogP contribution in [0, 0.1) is 5.92 Å². The standard InChI is InChI=1S/C16H28F3NO2/c1-11-7-14(8-12(2)22-11)20-9-13-5-3-4-6-15(13)21-10-16(17,18)19/h11-15,20H,3-10H2,1-2H3. The Kier molecular flexibility index (Phi) is 6.53. The van der Waals surface area contributed by atoms with Crippen LogP contribution in [0.1, 0.15) is 52.4 Å². The second-order valence-electron chi connectivity index (χ2n) is 6.84. The summed E-state index contributed by atoms with van der Waals surface area (Å²) in [5, 5.41) is 3.54. The molecule has 0 aromatic heterocycles. The average Bonchev–Trinajstić information content (AvgIpc) is 2.42. The lowest BCUT2D eigenvalue weighted by atomic mass is 9.86. The van der Waals surface area contributed by atoms with Crippen molar-refractivity contribution in [2.75, 3.05) is 13.2 Å². The quantitative estimate of drug-likeness (QED) is 0.837. The van der Waals surface area contributed by atoms with Crippen LogP contribution in [0.4, 0.5) is 13.2 Å². The zero-order valence-electron chi connectivity index (χ0n) is 13.5. The van der Waals surface area contributed by atoms with Gasteiger partial charge in [-0.3, -0.25) is 0 Å². The van der Waals surface area contributed by atoms with E-state index in [2.05, 4.69) is 19.2 Å². The number of alkyl halides is 3. The van der Waals surface area contributed by atoms with Crippen LogP contribution in [-0.4, -0.2) is 43.7 Å². The van der Waals surface area contributed by atoms with Crippen molar-refractivity contribution in [1.29, 1.82) is 0 Å². The molecule has 130 valence electrons. The zero-order chi connectivity index (χ0) is 16.2. The fraction of sp³-hybridized carbons (Fsp3) is 1.00. The largest absolute Gasteiger partial charge is 0.411 e. The van der Waals surface area contributed by atoms with Gasteiger partial charge in [0, 0.05) is 12.6 Å². The monoisotopic (exact) mass is 323 g/mol. The third kappa shape index (κ3) is 6.05. The van der Waals surface area contributed by atoms with Gasteiger partial charge >= 0.3 is 6.18 Å². The van der Waals surface area contributed by atoms with Gasteiger partial charge in [-0.15, -0.1) is 0 Å². The van der Waals surface area contributed by atoms with E-state index in [4.69, 9.17) is 9.47 Å². The molecule has 6 heteroatoms. The number of rotatable bonds is 5. The van der Waals surface area contributed by atoms with E-state index in [1.54, 1.807) is 0 Å². The predicted molar refractivity (Wildman–Crippen MR) is 78.8 cm³/mol. The van der Waals surface area contributed by atoms with Gasteiger partial charge in [-0.25, -0.2) is 0 Å². The predicted octanol–water partition coefficient (Wildman–Crippen LogP) is 3.67. The number of nitrogens with one attached hydrogen (secondary N) is 1. The van der Waals surface area contributed by atoms with E-state index in [1.807, 2.05) is 0 Å². The Labute approximate surface area is 130 Å². The lowest BCUT2D eigenvalue weighted by molar-refractivity contribution is -0.193. The van der Waals surface area contributed by atoms with Crippen molar-refractivity contribution >= 4 is 0 Å². The molecule has 1 heterocycles. The first-order valence-corrected chi connectivity index (χ1v) is 8.40. The zero-order valence-corrected chi connectivity index (χ0v) is 13.5. The Morgan fingerprint density at radius 1 is 1.09 bits per heavy atom. The van der Waals surface area contributed by atoms with Crippen molar-refractivity contribution in [3.05, 3.63) is 0 Å². The van der Waals surface area contributed by atoms with Crippen molar-refractivity contribution in [2.24, 2.45) is 5.92 Å². The lowest BCUT2D eigenvalue weighted by Gasteiger charge is -2.36. The molecule has 0 bridgehead atoms. The Hall–Kier alpha value is -0.330. The molecule has 2 aliphatic rings. The number of ether oxygens (including phenoxy) is 2. The van der Waals surface area contributed by atoms with Crippen LogP contribution < -0.4 is 5.32 Å². The molecule has 4 atom stereocenters. The Balaban J connectivity index is 1.78. The topological polar surface area (TPSA) is 30.5 Å². The Morgan fingerprint density at radius 3 is 2.36 bits per heavy atom. The van der Waals surface area contributed by atoms with Crippen LogP contribution >= 0.6 is 0 Å². The molecule has 2 rings (SSSR count). The van der Waals surface area contributed by atoms with Crippen LogP contribution in [0.5, 0.6) is 0 Å². The molecule has 0 aromatic carbocycles. The minimum atomic E-state index is -4.24. The highest BCUT2D eigenvalue weighted by atomic mass is 19.4. The molecule has 1 aliphatic carbocycles. The fourth-order valence-corrected chi connectivity index (χ4v) is 3.72. The van der Waals surface area contributed by atoms with Crippen molar-refractivity contribution in [1.82, 2.24) is 5.32 Å². The van der Waals surface area contributed by atoms with E-state index in [0.717, 1.165) is 45.1 Å². The van der Waals surface area contributed by atoms with Gasteiger partial charge in [0.2, 0.25) is 0 Å². The molecule has 1 saturated heterocycles. The SMILES string of the molecule is CC1CC(NCC2CCCCC2OCC(F)(F)F)CC(C)O1. The second-order valence-corrected chi connectivity index (χ2v) is 6.84.